The number of hydrogen-bond acceptors (Lipinski definition) is 6. The van der Waals surface area contributed by atoms with Crippen LogP contribution in [0.3, 0.4) is 0 Å². The van der Waals surface area contributed by atoms with Crippen LogP contribution in [-0.2, 0) is 25.6 Å². The summed E-state index contributed by atoms with van der Waals surface area (Å²) in [6, 6.07) is 1.99. The van der Waals surface area contributed by atoms with E-state index in [0.717, 1.165) is 6.92 Å². The molecule has 196 valence electrons. The lowest BCUT2D eigenvalue weighted by Crippen LogP contribution is -2.55. The Morgan fingerprint density at radius 3 is 2.03 bits per heavy atom. The molecule has 0 saturated heterocycles. The number of amides is 3. The van der Waals surface area contributed by atoms with E-state index in [0.29, 0.717) is 5.56 Å². The van der Waals surface area contributed by atoms with Gasteiger partial charge in [-0.05, 0) is 24.8 Å². The fraction of sp³-hybridized carbons (Fsp3) is 0.545. The predicted molar refractivity (Wildman–Crippen MR) is 118 cm³/mol. The van der Waals surface area contributed by atoms with E-state index in [1.54, 1.807) is 44.2 Å². The van der Waals surface area contributed by atoms with Gasteiger partial charge in [0.2, 0.25) is 11.8 Å². The molecule has 1 rings (SSSR count). The van der Waals surface area contributed by atoms with Crippen LogP contribution in [0.5, 0.6) is 0 Å². The van der Waals surface area contributed by atoms with Gasteiger partial charge >= 0.3 is 12.1 Å². The molecule has 0 saturated carbocycles. The van der Waals surface area contributed by atoms with E-state index < -0.39 is 60.5 Å². The molecule has 0 heterocycles. The average Bonchev–Trinajstić information content (AvgIpc) is 2.76. The molecule has 0 radical (unpaired) electrons. The number of carboxylic acid groups (broad SMARTS) is 1. The Balaban J connectivity index is 2.94. The van der Waals surface area contributed by atoms with Gasteiger partial charge in [-0.3, -0.25) is 24.9 Å². The number of carbonyl (C=O) groups excluding carboxylic acids is 3. The van der Waals surface area contributed by atoms with Gasteiger partial charge in [-0.1, -0.05) is 44.2 Å². The molecule has 1 unspecified atom stereocenters. The minimum atomic E-state index is -4.92. The number of nitrogens with one attached hydrogen (secondary N) is 4. The lowest BCUT2D eigenvalue weighted by Gasteiger charge is -2.26. The van der Waals surface area contributed by atoms with Crippen molar-refractivity contribution in [2.75, 3.05) is 0 Å². The zero-order chi connectivity index (χ0) is 26.8. The number of aliphatic carboxylic acids is 1. The Morgan fingerprint density at radius 1 is 0.943 bits per heavy atom. The standard InChI is InChI=1S/C22H31F3N4O6/c1-12(2)9-15(20(32)28-16(21(33)34)10-14-7-5-4-6-8-14)27-18(30)11-17(22(23,24)25)26-13(3)19(31)29-35/h4-8,12-13,15-17,26,35H,9-11H2,1-3H3,(H,27,30)(H,28,32)(H,29,31)(H,33,34)/t13-,15-,16-,17?/m0/s1. The van der Waals surface area contributed by atoms with Crippen molar-refractivity contribution < 1.29 is 42.7 Å². The topological polar surface area (TPSA) is 157 Å². The number of halogens is 3. The molecule has 3 amide bonds. The summed E-state index contributed by atoms with van der Waals surface area (Å²) in [5.74, 6) is -4.58. The SMILES string of the molecule is CC(C)C[C@H](NC(=O)CC(N[C@@H](C)C(=O)NO)C(F)(F)F)C(=O)N[C@@H](Cc1ccccc1)C(=O)O. The van der Waals surface area contributed by atoms with Crippen LogP contribution in [0.15, 0.2) is 30.3 Å². The highest BCUT2D eigenvalue weighted by atomic mass is 19.4. The minimum Gasteiger partial charge on any atom is -0.480 e. The first-order valence-corrected chi connectivity index (χ1v) is 10.9. The van der Waals surface area contributed by atoms with E-state index in [1.807, 2.05) is 5.32 Å². The Bertz CT molecular complexity index is 866. The number of carbonyl (C=O) groups is 4. The van der Waals surface area contributed by atoms with Crippen molar-refractivity contribution in [3.63, 3.8) is 0 Å². The van der Waals surface area contributed by atoms with Gasteiger partial charge < -0.3 is 15.7 Å². The van der Waals surface area contributed by atoms with Gasteiger partial charge in [0.25, 0.3) is 5.91 Å². The Hall–Kier alpha value is -3.19. The Morgan fingerprint density at radius 2 is 1.54 bits per heavy atom. The molecule has 0 aromatic heterocycles. The number of rotatable bonds is 13. The molecule has 0 aliphatic rings. The second-order valence-electron chi connectivity index (χ2n) is 8.50. The van der Waals surface area contributed by atoms with Crippen LogP contribution < -0.4 is 21.4 Å². The molecule has 10 nitrogen and oxygen atoms in total. The van der Waals surface area contributed by atoms with E-state index in [2.05, 4.69) is 10.6 Å². The second kappa shape index (κ2) is 13.6. The summed E-state index contributed by atoms with van der Waals surface area (Å²) in [5, 5.41) is 24.6. The second-order valence-corrected chi connectivity index (χ2v) is 8.50. The summed E-state index contributed by atoms with van der Waals surface area (Å²) < 4.78 is 40.2. The van der Waals surface area contributed by atoms with Crippen molar-refractivity contribution in [1.29, 1.82) is 0 Å². The van der Waals surface area contributed by atoms with Crippen molar-refractivity contribution in [2.24, 2.45) is 5.92 Å². The van der Waals surface area contributed by atoms with E-state index in [-0.39, 0.29) is 18.8 Å². The third kappa shape index (κ3) is 10.7. The van der Waals surface area contributed by atoms with Crippen LogP contribution in [0.1, 0.15) is 39.2 Å². The third-order valence-corrected chi connectivity index (χ3v) is 5.00. The molecule has 0 aliphatic heterocycles. The fourth-order valence-corrected chi connectivity index (χ4v) is 3.21. The van der Waals surface area contributed by atoms with Crippen LogP contribution in [-0.4, -0.2) is 64.3 Å². The van der Waals surface area contributed by atoms with E-state index in [4.69, 9.17) is 5.21 Å². The summed E-state index contributed by atoms with van der Waals surface area (Å²) in [6.45, 7) is 4.51. The smallest absolute Gasteiger partial charge is 0.404 e. The molecule has 1 aromatic carbocycles. The maximum Gasteiger partial charge on any atom is 0.404 e. The normalized spacial score (nSPS) is 15.0. The van der Waals surface area contributed by atoms with Gasteiger partial charge in [0.05, 0.1) is 12.5 Å². The van der Waals surface area contributed by atoms with E-state index in [1.165, 1.54) is 5.48 Å². The largest absolute Gasteiger partial charge is 0.480 e. The summed E-state index contributed by atoms with van der Waals surface area (Å²) in [5.41, 5.74) is 1.86. The van der Waals surface area contributed by atoms with E-state index in [9.17, 15) is 37.5 Å². The third-order valence-electron chi connectivity index (χ3n) is 5.00. The maximum absolute atomic E-state index is 13.4. The summed E-state index contributed by atoms with van der Waals surface area (Å²) >= 11 is 0. The number of hydroxylamine groups is 1. The zero-order valence-corrected chi connectivity index (χ0v) is 19.6. The highest BCUT2D eigenvalue weighted by Crippen LogP contribution is 2.23. The number of alkyl halides is 3. The molecule has 1 aromatic rings. The molecule has 0 spiro atoms. The molecular weight excluding hydrogens is 473 g/mol. The highest BCUT2D eigenvalue weighted by Gasteiger charge is 2.42. The Labute approximate surface area is 200 Å². The number of carboxylic acids is 1. The molecule has 6 N–H and O–H groups in total. The number of benzene rings is 1. The number of hydrogen-bond donors (Lipinski definition) is 6. The summed E-state index contributed by atoms with van der Waals surface area (Å²) in [6.07, 6.45) is -6.06. The van der Waals surface area contributed by atoms with Crippen molar-refractivity contribution in [2.45, 2.75) is 70.4 Å². The van der Waals surface area contributed by atoms with Crippen LogP contribution in [0.25, 0.3) is 0 Å². The van der Waals surface area contributed by atoms with Gasteiger partial charge in [-0.2, -0.15) is 13.2 Å². The first-order valence-electron chi connectivity index (χ1n) is 10.9. The predicted octanol–water partition coefficient (Wildman–Crippen LogP) is 1.13. The fourth-order valence-electron chi connectivity index (χ4n) is 3.21. The summed E-state index contributed by atoms with van der Waals surface area (Å²) in [4.78, 5) is 48.2. The monoisotopic (exact) mass is 504 g/mol. The first kappa shape index (κ1) is 29.8. The van der Waals surface area contributed by atoms with Crippen molar-refractivity contribution in [1.82, 2.24) is 21.4 Å². The quantitative estimate of drug-likeness (QED) is 0.174. The molecule has 0 fully saturated rings. The van der Waals surface area contributed by atoms with Gasteiger partial charge in [0.1, 0.15) is 18.1 Å². The minimum absolute atomic E-state index is 0.0326. The van der Waals surface area contributed by atoms with Gasteiger partial charge in [-0.25, -0.2) is 10.3 Å². The molecule has 4 atom stereocenters. The van der Waals surface area contributed by atoms with Gasteiger partial charge in [0, 0.05) is 6.42 Å². The zero-order valence-electron chi connectivity index (χ0n) is 19.6. The van der Waals surface area contributed by atoms with Crippen molar-refractivity contribution in [3.05, 3.63) is 35.9 Å². The molecule has 35 heavy (non-hydrogen) atoms. The Kier molecular flexibility index (Phi) is 11.6. The van der Waals surface area contributed by atoms with Crippen LogP contribution in [0.2, 0.25) is 0 Å². The first-order chi connectivity index (χ1) is 16.2. The lowest BCUT2D eigenvalue weighted by molar-refractivity contribution is -0.165. The van der Waals surface area contributed by atoms with Crippen molar-refractivity contribution >= 4 is 23.7 Å². The molecule has 13 heteroatoms. The average molecular weight is 505 g/mol. The maximum atomic E-state index is 13.4. The molecular formula is C22H31F3N4O6. The van der Waals surface area contributed by atoms with Crippen LogP contribution in [0, 0.1) is 5.92 Å². The van der Waals surface area contributed by atoms with E-state index >= 15 is 0 Å². The van der Waals surface area contributed by atoms with Crippen LogP contribution in [0.4, 0.5) is 13.2 Å². The summed E-state index contributed by atoms with van der Waals surface area (Å²) in [7, 11) is 0. The van der Waals surface area contributed by atoms with Gasteiger partial charge in [-0.15, -0.1) is 0 Å². The van der Waals surface area contributed by atoms with Crippen LogP contribution >= 0.6 is 0 Å². The lowest BCUT2D eigenvalue weighted by atomic mass is 10.0. The van der Waals surface area contributed by atoms with Crippen molar-refractivity contribution in [3.8, 4) is 0 Å². The molecule has 0 aliphatic carbocycles. The highest BCUT2D eigenvalue weighted by molar-refractivity contribution is 5.90. The molecule has 0 bridgehead atoms. The van der Waals surface area contributed by atoms with Gasteiger partial charge in [0.15, 0.2) is 0 Å².